The van der Waals surface area contributed by atoms with Crippen molar-refractivity contribution in [1.82, 2.24) is 14.8 Å². The lowest BCUT2D eigenvalue weighted by Gasteiger charge is -2.36. The molecule has 0 N–H and O–H groups in total. The third kappa shape index (κ3) is 4.09. The molecule has 4 heteroatoms. The quantitative estimate of drug-likeness (QED) is 0.838. The van der Waals surface area contributed by atoms with Crippen LogP contribution in [0.5, 0.6) is 0 Å². The van der Waals surface area contributed by atoms with E-state index in [2.05, 4.69) is 70.2 Å². The molecule has 2 aliphatic rings. The van der Waals surface area contributed by atoms with Gasteiger partial charge in [0.15, 0.2) is 0 Å². The lowest BCUT2D eigenvalue weighted by Crippen LogP contribution is -2.50. The average Bonchev–Trinajstić information content (AvgIpc) is 3.05. The van der Waals surface area contributed by atoms with Crippen molar-refractivity contribution in [1.29, 1.82) is 0 Å². The fourth-order valence-electron chi connectivity index (χ4n) is 4.04. The smallest absolute Gasteiger partial charge is 0.0870 e. The van der Waals surface area contributed by atoms with Crippen LogP contribution in [0.15, 0.2) is 48.5 Å². The van der Waals surface area contributed by atoms with Gasteiger partial charge in [0.1, 0.15) is 0 Å². The molecule has 0 spiro atoms. The van der Waals surface area contributed by atoms with Gasteiger partial charge in [-0.3, -0.25) is 14.8 Å². The van der Waals surface area contributed by atoms with E-state index in [9.17, 15) is 0 Å². The molecule has 0 saturated carbocycles. The van der Waals surface area contributed by atoms with Crippen LogP contribution in [-0.4, -0.2) is 59.7 Å². The van der Waals surface area contributed by atoms with Crippen LogP contribution in [0.2, 0.25) is 0 Å². The van der Waals surface area contributed by atoms with E-state index in [4.69, 9.17) is 4.74 Å². The van der Waals surface area contributed by atoms with Crippen molar-refractivity contribution >= 4 is 0 Å². The van der Waals surface area contributed by atoms with Crippen LogP contribution < -0.4 is 0 Å². The summed E-state index contributed by atoms with van der Waals surface area (Å²) < 4.78 is 6.07. The van der Waals surface area contributed by atoms with E-state index in [-0.39, 0.29) is 0 Å². The molecule has 2 saturated heterocycles. The Morgan fingerprint density at radius 2 is 1.96 bits per heavy atom. The van der Waals surface area contributed by atoms with Gasteiger partial charge in [-0.2, -0.15) is 0 Å². The number of morpholine rings is 1. The highest BCUT2D eigenvalue weighted by molar-refractivity contribution is 5.15. The SMILES string of the molecule is Cc1cccc(CN2CCO[C@H]3CN(CCc4ccccc4)C[C@H]32)n1. The molecule has 0 radical (unpaired) electrons. The molecule has 2 atom stereocenters. The highest BCUT2D eigenvalue weighted by Gasteiger charge is 2.39. The molecule has 1 aromatic heterocycles. The van der Waals surface area contributed by atoms with Gasteiger partial charge in [0.2, 0.25) is 0 Å². The number of pyridine rings is 1. The predicted molar refractivity (Wildman–Crippen MR) is 99.5 cm³/mol. The second-order valence-electron chi connectivity index (χ2n) is 7.21. The summed E-state index contributed by atoms with van der Waals surface area (Å²) in [5, 5.41) is 0. The van der Waals surface area contributed by atoms with Gasteiger partial charge in [0.25, 0.3) is 0 Å². The number of benzene rings is 1. The molecule has 132 valence electrons. The Balaban J connectivity index is 1.36. The van der Waals surface area contributed by atoms with E-state index in [1.807, 2.05) is 0 Å². The molecule has 4 rings (SSSR count). The van der Waals surface area contributed by atoms with Crippen LogP contribution in [0.1, 0.15) is 17.0 Å². The standard InChI is InChI=1S/C21H27N3O/c1-17-6-5-9-19(22-17)14-24-12-13-25-21-16-23(15-20(21)24)11-10-18-7-3-2-4-8-18/h2-9,20-21H,10-16H2,1H3/t20-,21+/m1/s1. The second kappa shape index (κ2) is 7.65. The van der Waals surface area contributed by atoms with Crippen LogP contribution in [0.25, 0.3) is 0 Å². The summed E-state index contributed by atoms with van der Waals surface area (Å²) in [6, 6.07) is 17.6. The first-order chi connectivity index (χ1) is 12.3. The third-order valence-electron chi connectivity index (χ3n) is 5.36. The molecule has 0 bridgehead atoms. The number of hydrogen-bond acceptors (Lipinski definition) is 4. The molecule has 4 nitrogen and oxygen atoms in total. The molecule has 2 fully saturated rings. The second-order valence-corrected chi connectivity index (χ2v) is 7.21. The van der Waals surface area contributed by atoms with Gasteiger partial charge >= 0.3 is 0 Å². The van der Waals surface area contributed by atoms with Gasteiger partial charge in [-0.15, -0.1) is 0 Å². The number of aromatic nitrogens is 1. The maximum absolute atomic E-state index is 6.07. The fraction of sp³-hybridized carbons (Fsp3) is 0.476. The van der Waals surface area contributed by atoms with Gasteiger partial charge in [0, 0.05) is 38.4 Å². The fourth-order valence-corrected chi connectivity index (χ4v) is 4.04. The molecule has 0 amide bonds. The minimum absolute atomic E-state index is 0.342. The van der Waals surface area contributed by atoms with Crippen molar-refractivity contribution in [2.45, 2.75) is 32.0 Å². The molecular weight excluding hydrogens is 310 g/mol. The van der Waals surface area contributed by atoms with Crippen LogP contribution in [0, 0.1) is 6.92 Å². The summed E-state index contributed by atoms with van der Waals surface area (Å²) in [7, 11) is 0. The van der Waals surface area contributed by atoms with E-state index in [0.29, 0.717) is 12.1 Å². The van der Waals surface area contributed by atoms with Gasteiger partial charge in [0.05, 0.1) is 24.4 Å². The molecular formula is C21H27N3O. The van der Waals surface area contributed by atoms with Gasteiger partial charge in [-0.25, -0.2) is 0 Å². The highest BCUT2D eigenvalue weighted by Crippen LogP contribution is 2.24. The predicted octanol–water partition coefficient (Wildman–Crippen LogP) is 2.52. The van der Waals surface area contributed by atoms with Crippen LogP contribution in [0.4, 0.5) is 0 Å². The third-order valence-corrected chi connectivity index (χ3v) is 5.36. The van der Waals surface area contributed by atoms with Crippen LogP contribution >= 0.6 is 0 Å². The van der Waals surface area contributed by atoms with E-state index in [1.54, 1.807) is 0 Å². The van der Waals surface area contributed by atoms with Gasteiger partial charge < -0.3 is 4.74 Å². The Morgan fingerprint density at radius 1 is 1.08 bits per heavy atom. The van der Waals surface area contributed by atoms with Crippen LogP contribution in [0.3, 0.4) is 0 Å². The Hall–Kier alpha value is -1.75. The highest BCUT2D eigenvalue weighted by atomic mass is 16.5. The largest absolute Gasteiger partial charge is 0.374 e. The summed E-state index contributed by atoms with van der Waals surface area (Å²) in [6.45, 7) is 8.09. The molecule has 0 unspecified atom stereocenters. The number of likely N-dealkylation sites (tertiary alicyclic amines) is 1. The average molecular weight is 337 g/mol. The monoisotopic (exact) mass is 337 g/mol. The maximum atomic E-state index is 6.07. The minimum atomic E-state index is 0.342. The summed E-state index contributed by atoms with van der Waals surface area (Å²) in [6.07, 6.45) is 1.45. The Morgan fingerprint density at radius 3 is 2.80 bits per heavy atom. The summed E-state index contributed by atoms with van der Waals surface area (Å²) >= 11 is 0. The molecule has 25 heavy (non-hydrogen) atoms. The lowest BCUT2D eigenvalue weighted by molar-refractivity contribution is -0.0508. The van der Waals surface area contributed by atoms with E-state index < -0.39 is 0 Å². The lowest BCUT2D eigenvalue weighted by atomic mass is 10.1. The van der Waals surface area contributed by atoms with Crippen molar-refractivity contribution in [2.75, 3.05) is 32.8 Å². The summed E-state index contributed by atoms with van der Waals surface area (Å²) in [5.74, 6) is 0. The Bertz CT molecular complexity index is 691. The maximum Gasteiger partial charge on any atom is 0.0870 e. The normalized spacial score (nSPS) is 24.4. The summed E-state index contributed by atoms with van der Waals surface area (Å²) in [4.78, 5) is 9.81. The van der Waals surface area contributed by atoms with Gasteiger partial charge in [-0.1, -0.05) is 36.4 Å². The molecule has 3 heterocycles. The van der Waals surface area contributed by atoms with Crippen molar-refractivity contribution < 1.29 is 4.74 Å². The number of hydrogen-bond donors (Lipinski definition) is 0. The van der Waals surface area contributed by atoms with Crippen LogP contribution in [-0.2, 0) is 17.7 Å². The number of nitrogens with zero attached hydrogens (tertiary/aromatic N) is 3. The zero-order chi connectivity index (χ0) is 17.1. The van der Waals surface area contributed by atoms with E-state index in [0.717, 1.165) is 51.4 Å². The first-order valence-corrected chi connectivity index (χ1v) is 9.32. The first kappa shape index (κ1) is 16.7. The van der Waals surface area contributed by atoms with Crippen molar-refractivity contribution in [3.8, 4) is 0 Å². The van der Waals surface area contributed by atoms with E-state index in [1.165, 1.54) is 11.3 Å². The summed E-state index contributed by atoms with van der Waals surface area (Å²) in [5.41, 5.74) is 3.68. The van der Waals surface area contributed by atoms with Crippen molar-refractivity contribution in [3.63, 3.8) is 0 Å². The molecule has 0 aliphatic carbocycles. The Labute approximate surface area is 150 Å². The Kier molecular flexibility index (Phi) is 5.11. The number of ether oxygens (including phenoxy) is 1. The van der Waals surface area contributed by atoms with Crippen molar-refractivity contribution in [2.24, 2.45) is 0 Å². The first-order valence-electron chi connectivity index (χ1n) is 9.32. The minimum Gasteiger partial charge on any atom is -0.374 e. The molecule has 1 aromatic carbocycles. The zero-order valence-corrected chi connectivity index (χ0v) is 15.0. The number of aryl methyl sites for hydroxylation is 1. The zero-order valence-electron chi connectivity index (χ0n) is 15.0. The van der Waals surface area contributed by atoms with E-state index >= 15 is 0 Å². The topological polar surface area (TPSA) is 28.6 Å². The molecule has 2 aromatic rings. The number of fused-ring (bicyclic) bond motifs is 1. The molecule has 2 aliphatic heterocycles. The number of rotatable bonds is 5. The van der Waals surface area contributed by atoms with Gasteiger partial charge in [-0.05, 0) is 31.0 Å². The van der Waals surface area contributed by atoms with Crippen molar-refractivity contribution in [3.05, 3.63) is 65.5 Å².